The first kappa shape index (κ1) is 24.2. The lowest BCUT2D eigenvalue weighted by atomic mass is 10.2. The fraction of sp³-hybridized carbons (Fsp3) is 0.318. The minimum Gasteiger partial charge on any atom is -0.461 e. The molecule has 0 spiro atoms. The van der Waals surface area contributed by atoms with Crippen molar-refractivity contribution in [2.45, 2.75) is 33.0 Å². The topological polar surface area (TPSA) is 142 Å². The van der Waals surface area contributed by atoms with Gasteiger partial charge in [-0.3, -0.25) is 4.79 Å². The van der Waals surface area contributed by atoms with E-state index in [1.165, 1.54) is 6.33 Å². The van der Waals surface area contributed by atoms with Gasteiger partial charge in [0.2, 0.25) is 12.0 Å². The molecule has 3 aromatic rings. The molecule has 0 aromatic carbocycles. The number of aliphatic hydroxyl groups is 1. The highest BCUT2D eigenvalue weighted by Gasteiger charge is 2.25. The molecule has 33 heavy (non-hydrogen) atoms. The molecule has 3 aromatic heterocycles. The molecule has 2 unspecified atom stereocenters. The summed E-state index contributed by atoms with van der Waals surface area (Å²) in [6.45, 7) is 5.18. The molecule has 0 fully saturated rings. The lowest BCUT2D eigenvalue weighted by Crippen LogP contribution is -2.39. The summed E-state index contributed by atoms with van der Waals surface area (Å²) in [4.78, 5) is 25.5. The van der Waals surface area contributed by atoms with Crippen LogP contribution in [0.5, 0.6) is 5.88 Å². The van der Waals surface area contributed by atoms with Gasteiger partial charge in [-0.15, -0.1) is 11.3 Å². The van der Waals surface area contributed by atoms with E-state index in [-0.39, 0.29) is 24.7 Å². The monoisotopic (exact) mass is 470 g/mol. The molecule has 0 aliphatic rings. The zero-order valence-corrected chi connectivity index (χ0v) is 19.3. The lowest BCUT2D eigenvalue weighted by molar-refractivity contribution is -0.127. The molecule has 10 nitrogen and oxygen atoms in total. The van der Waals surface area contributed by atoms with Gasteiger partial charge < -0.3 is 30.6 Å². The van der Waals surface area contributed by atoms with Crippen molar-refractivity contribution in [2.24, 2.45) is 0 Å². The summed E-state index contributed by atoms with van der Waals surface area (Å²) in [5.41, 5.74) is 3.13. The summed E-state index contributed by atoms with van der Waals surface area (Å²) in [5.74, 6) is 0.280. The smallest absolute Gasteiger partial charge is 0.269 e. The summed E-state index contributed by atoms with van der Waals surface area (Å²) in [7, 11) is 0. The van der Waals surface area contributed by atoms with E-state index in [1.807, 2.05) is 30.7 Å². The largest absolute Gasteiger partial charge is 0.461 e. The molecule has 1 amide bonds. The Morgan fingerprint density at radius 3 is 2.73 bits per heavy atom. The van der Waals surface area contributed by atoms with Crippen molar-refractivity contribution in [3.63, 3.8) is 0 Å². The summed E-state index contributed by atoms with van der Waals surface area (Å²) in [6.07, 6.45) is 2.38. The number of aromatic nitrogens is 3. The Kier molecular flexibility index (Phi) is 8.41. The average Bonchev–Trinajstić information content (AvgIpc) is 3.22. The van der Waals surface area contributed by atoms with E-state index < -0.39 is 18.1 Å². The van der Waals surface area contributed by atoms with Crippen LogP contribution in [0, 0.1) is 19.3 Å². The third-order valence-corrected chi connectivity index (χ3v) is 5.46. The fourth-order valence-electron chi connectivity index (χ4n) is 2.67. The number of aliphatic hydroxyl groups excluding tert-OH is 1. The Hall–Kier alpha value is -3.41. The number of amides is 1. The fourth-order valence-corrected chi connectivity index (χ4v) is 3.45. The van der Waals surface area contributed by atoms with Crippen LogP contribution < -0.4 is 15.4 Å². The number of hydrogen-bond acceptors (Lipinski definition) is 10. The number of rotatable bonds is 11. The van der Waals surface area contributed by atoms with Crippen molar-refractivity contribution in [1.82, 2.24) is 15.0 Å². The summed E-state index contributed by atoms with van der Waals surface area (Å²) in [6, 6.07) is 3.51. The number of carbonyl (C=O) groups excluding carboxylic acids is 1. The van der Waals surface area contributed by atoms with E-state index in [1.54, 1.807) is 30.5 Å². The number of thiophene rings is 1. The van der Waals surface area contributed by atoms with Crippen molar-refractivity contribution in [1.29, 1.82) is 5.41 Å². The van der Waals surface area contributed by atoms with E-state index in [2.05, 4.69) is 25.6 Å². The summed E-state index contributed by atoms with van der Waals surface area (Å²) < 4.78 is 11.4. The molecule has 3 rings (SSSR count). The minimum absolute atomic E-state index is 0.0487. The molecule has 0 aliphatic heterocycles. The van der Waals surface area contributed by atoms with Gasteiger partial charge >= 0.3 is 0 Å². The Balaban J connectivity index is 1.83. The predicted molar refractivity (Wildman–Crippen MR) is 127 cm³/mol. The van der Waals surface area contributed by atoms with Crippen LogP contribution in [0.25, 0.3) is 0 Å². The molecule has 0 saturated carbocycles. The van der Waals surface area contributed by atoms with Crippen molar-refractivity contribution in [2.75, 3.05) is 23.8 Å². The van der Waals surface area contributed by atoms with Gasteiger partial charge in [0.25, 0.3) is 5.91 Å². The van der Waals surface area contributed by atoms with Gasteiger partial charge in [0.1, 0.15) is 18.0 Å². The highest BCUT2D eigenvalue weighted by molar-refractivity contribution is 7.08. The first-order valence-corrected chi connectivity index (χ1v) is 11.1. The maximum Gasteiger partial charge on any atom is 0.269 e. The van der Waals surface area contributed by atoms with Crippen molar-refractivity contribution in [3.05, 3.63) is 52.1 Å². The van der Waals surface area contributed by atoms with Gasteiger partial charge in [-0.2, -0.15) is 0 Å². The van der Waals surface area contributed by atoms with E-state index in [9.17, 15) is 9.90 Å². The first-order chi connectivity index (χ1) is 15.9. The third kappa shape index (κ3) is 6.54. The molecule has 0 radical (unpaired) electrons. The van der Waals surface area contributed by atoms with Crippen LogP contribution >= 0.6 is 11.3 Å². The second-order valence-corrected chi connectivity index (χ2v) is 8.07. The summed E-state index contributed by atoms with van der Waals surface area (Å²) >= 11 is 1.54. The first-order valence-electron chi connectivity index (χ1n) is 10.2. The van der Waals surface area contributed by atoms with Gasteiger partial charge in [0.15, 0.2) is 0 Å². The van der Waals surface area contributed by atoms with E-state index in [0.717, 1.165) is 23.0 Å². The molecule has 0 bridgehead atoms. The molecule has 174 valence electrons. The zero-order valence-electron chi connectivity index (χ0n) is 18.5. The quantitative estimate of drug-likeness (QED) is 0.313. The molecule has 2 atom stereocenters. The van der Waals surface area contributed by atoms with Crippen LogP contribution in [0.3, 0.4) is 0 Å². The maximum absolute atomic E-state index is 13.0. The zero-order chi connectivity index (χ0) is 23.8. The van der Waals surface area contributed by atoms with Crippen molar-refractivity contribution < 1.29 is 19.4 Å². The molecule has 0 saturated heterocycles. The highest BCUT2D eigenvalue weighted by atomic mass is 32.1. The van der Waals surface area contributed by atoms with Gasteiger partial charge in [0, 0.05) is 17.8 Å². The number of ether oxygens (including phenoxy) is 2. The van der Waals surface area contributed by atoms with E-state index >= 15 is 0 Å². The molecule has 3 heterocycles. The number of aryl methyl sites for hydroxylation is 2. The van der Waals surface area contributed by atoms with Crippen LogP contribution in [0.2, 0.25) is 0 Å². The van der Waals surface area contributed by atoms with Crippen LogP contribution in [0.4, 0.5) is 17.3 Å². The predicted octanol–water partition coefficient (Wildman–Crippen LogP) is 3.07. The number of carbonyl (C=O) groups is 1. The van der Waals surface area contributed by atoms with Gasteiger partial charge in [-0.05, 0) is 43.3 Å². The van der Waals surface area contributed by atoms with E-state index in [0.29, 0.717) is 11.6 Å². The SMILES string of the molecule is Cc1ccc(NC(=O)C(COC(C)CO)Oc2ncnc(Nc3cscc3C)c2C=N)nc1. The van der Waals surface area contributed by atoms with Gasteiger partial charge in [-0.1, -0.05) is 6.07 Å². The molecule has 11 heteroatoms. The second-order valence-electron chi connectivity index (χ2n) is 7.32. The minimum atomic E-state index is -1.12. The normalized spacial score (nSPS) is 12.6. The van der Waals surface area contributed by atoms with Crippen molar-refractivity contribution in [3.8, 4) is 5.88 Å². The number of nitrogens with zero attached hydrogens (tertiary/aromatic N) is 3. The van der Waals surface area contributed by atoms with E-state index in [4.69, 9.17) is 14.9 Å². The Bertz CT molecular complexity index is 1090. The highest BCUT2D eigenvalue weighted by Crippen LogP contribution is 2.27. The number of anilines is 3. The van der Waals surface area contributed by atoms with Gasteiger partial charge in [-0.25, -0.2) is 15.0 Å². The summed E-state index contributed by atoms with van der Waals surface area (Å²) in [5, 5.41) is 26.9. The van der Waals surface area contributed by atoms with Crippen LogP contribution in [-0.2, 0) is 9.53 Å². The Morgan fingerprint density at radius 2 is 2.09 bits per heavy atom. The van der Waals surface area contributed by atoms with Crippen LogP contribution in [-0.4, -0.2) is 57.6 Å². The molecular formula is C22H26N6O4S. The number of hydrogen-bond donors (Lipinski definition) is 4. The molecule has 4 N–H and O–H groups in total. The van der Waals surface area contributed by atoms with Crippen LogP contribution in [0.1, 0.15) is 23.6 Å². The number of nitrogens with one attached hydrogen (secondary N) is 3. The molecule has 0 aliphatic carbocycles. The van der Waals surface area contributed by atoms with Crippen LogP contribution in [0.15, 0.2) is 35.4 Å². The third-order valence-electron chi connectivity index (χ3n) is 4.60. The van der Waals surface area contributed by atoms with Gasteiger partial charge in [0.05, 0.1) is 30.6 Å². The second kappa shape index (κ2) is 11.5. The average molecular weight is 471 g/mol. The lowest BCUT2D eigenvalue weighted by Gasteiger charge is -2.21. The Labute approximate surface area is 195 Å². The van der Waals surface area contributed by atoms with Crippen molar-refractivity contribution >= 4 is 40.8 Å². The Morgan fingerprint density at radius 1 is 1.27 bits per heavy atom. The standard InChI is InChI=1S/C22H26N6O4S/c1-13-4-5-19(24-7-13)28-21(30)18(9-31-15(3)8-29)32-22-16(6-23)20(25-12-26-22)27-17-11-33-10-14(17)2/h4-7,10-12,15,18,23,29H,8-9H2,1-3H3,(H,24,28,30)(H,25,26,27). The number of pyridine rings is 1. The maximum atomic E-state index is 13.0. The molecular weight excluding hydrogens is 444 g/mol.